The Morgan fingerprint density at radius 1 is 1.24 bits per heavy atom. The minimum Gasteiger partial charge on any atom is -0.454 e. The van der Waals surface area contributed by atoms with E-state index < -0.39 is 22.6 Å². The molecule has 1 aromatic heterocycles. The predicted molar refractivity (Wildman–Crippen MR) is 111 cm³/mol. The van der Waals surface area contributed by atoms with E-state index in [-0.39, 0.29) is 16.2 Å². The number of ketones is 1. The van der Waals surface area contributed by atoms with Gasteiger partial charge in [0, 0.05) is 30.0 Å². The molecular weight excluding hydrogens is 392 g/mol. The van der Waals surface area contributed by atoms with Crippen LogP contribution >= 0.6 is 0 Å². The van der Waals surface area contributed by atoms with Crippen molar-refractivity contribution in [3.8, 4) is 0 Å². The van der Waals surface area contributed by atoms with Crippen LogP contribution in [0.5, 0.6) is 0 Å². The lowest BCUT2D eigenvalue weighted by Crippen LogP contribution is -2.24. The molecule has 0 bridgehead atoms. The molecule has 2 rings (SSSR count). The Morgan fingerprint density at radius 2 is 1.97 bits per heavy atom. The Morgan fingerprint density at radius 3 is 2.62 bits per heavy atom. The molecule has 0 radical (unpaired) electrons. The van der Waals surface area contributed by atoms with Gasteiger partial charge in [0.1, 0.15) is 0 Å². The lowest BCUT2D eigenvalue weighted by atomic mass is 10.1. The average molecular weight is 419 g/mol. The Labute approximate surface area is 171 Å². The molecule has 0 saturated carbocycles. The van der Waals surface area contributed by atoms with Gasteiger partial charge in [0.05, 0.1) is 10.5 Å². The molecule has 0 fully saturated rings. The molecule has 8 heteroatoms. The molecule has 29 heavy (non-hydrogen) atoms. The maximum absolute atomic E-state index is 12.5. The van der Waals surface area contributed by atoms with Gasteiger partial charge in [-0.15, -0.1) is 6.58 Å². The van der Waals surface area contributed by atoms with E-state index in [0.717, 1.165) is 11.4 Å². The van der Waals surface area contributed by atoms with Crippen molar-refractivity contribution in [3.05, 3.63) is 65.5 Å². The van der Waals surface area contributed by atoms with Gasteiger partial charge in [-0.1, -0.05) is 19.1 Å². The van der Waals surface area contributed by atoms with Crippen molar-refractivity contribution in [1.29, 1.82) is 0 Å². The smallest absolute Gasteiger partial charge is 0.338 e. The van der Waals surface area contributed by atoms with Gasteiger partial charge >= 0.3 is 5.97 Å². The second-order valence-corrected chi connectivity index (χ2v) is 8.38. The standard InChI is InChI=1S/C21H26N2O5S/c1-5-10-22-29(26,27)18-9-7-8-17(13-18)21(25)28-14-20(24)19-12-15(3)23(11-6-2)16(19)4/h6-9,12-13,22H,2,5,10-11,14H2,1,3-4H3. The van der Waals surface area contributed by atoms with Crippen LogP contribution in [0, 0.1) is 13.8 Å². The van der Waals surface area contributed by atoms with E-state index in [1.165, 1.54) is 24.3 Å². The summed E-state index contributed by atoms with van der Waals surface area (Å²) in [6.45, 7) is 9.72. The number of benzene rings is 1. The van der Waals surface area contributed by atoms with Crippen molar-refractivity contribution in [3.63, 3.8) is 0 Å². The lowest BCUT2D eigenvalue weighted by molar-refractivity contribution is 0.0474. The summed E-state index contributed by atoms with van der Waals surface area (Å²) >= 11 is 0. The highest BCUT2D eigenvalue weighted by atomic mass is 32.2. The van der Waals surface area contributed by atoms with Gasteiger partial charge in [0.15, 0.2) is 6.61 Å². The molecule has 156 valence electrons. The van der Waals surface area contributed by atoms with E-state index >= 15 is 0 Å². The summed E-state index contributed by atoms with van der Waals surface area (Å²) in [5.41, 5.74) is 2.24. The normalized spacial score (nSPS) is 11.3. The van der Waals surface area contributed by atoms with E-state index in [4.69, 9.17) is 4.74 Å². The first-order valence-corrected chi connectivity index (χ1v) is 10.8. The van der Waals surface area contributed by atoms with Crippen LogP contribution in [0.15, 0.2) is 47.9 Å². The quantitative estimate of drug-likeness (QED) is 0.364. The van der Waals surface area contributed by atoms with E-state index in [1.54, 1.807) is 12.1 Å². The summed E-state index contributed by atoms with van der Waals surface area (Å²) in [6.07, 6.45) is 2.39. The Hall–Kier alpha value is -2.71. The zero-order chi connectivity index (χ0) is 21.6. The highest BCUT2D eigenvalue weighted by molar-refractivity contribution is 7.89. The zero-order valence-corrected chi connectivity index (χ0v) is 17.7. The van der Waals surface area contributed by atoms with E-state index in [2.05, 4.69) is 11.3 Å². The third kappa shape index (κ3) is 5.42. The van der Waals surface area contributed by atoms with Gasteiger partial charge in [0.25, 0.3) is 0 Å². The number of nitrogens with one attached hydrogen (secondary N) is 1. The molecule has 0 aliphatic rings. The second-order valence-electron chi connectivity index (χ2n) is 6.61. The van der Waals surface area contributed by atoms with Gasteiger partial charge in [-0.2, -0.15) is 0 Å². The molecule has 0 atom stereocenters. The zero-order valence-electron chi connectivity index (χ0n) is 16.9. The fourth-order valence-electron chi connectivity index (χ4n) is 2.90. The second kappa shape index (κ2) is 9.67. The van der Waals surface area contributed by atoms with Crippen LogP contribution in [0.4, 0.5) is 0 Å². The Kier molecular flexibility index (Phi) is 7.53. The highest BCUT2D eigenvalue weighted by Crippen LogP contribution is 2.17. The van der Waals surface area contributed by atoms with Crippen molar-refractivity contribution in [1.82, 2.24) is 9.29 Å². The maximum atomic E-state index is 12.5. The molecule has 2 aromatic rings. The summed E-state index contributed by atoms with van der Waals surface area (Å²) in [6, 6.07) is 7.29. The molecule has 0 aliphatic heterocycles. The third-order valence-electron chi connectivity index (χ3n) is 4.44. The molecule has 7 nitrogen and oxygen atoms in total. The number of sulfonamides is 1. The van der Waals surface area contributed by atoms with E-state index in [0.29, 0.717) is 25.1 Å². The average Bonchev–Trinajstić information content (AvgIpc) is 2.99. The number of aromatic nitrogens is 1. The molecular formula is C21H26N2O5S. The van der Waals surface area contributed by atoms with E-state index in [9.17, 15) is 18.0 Å². The van der Waals surface area contributed by atoms with Crippen LogP contribution in [0.2, 0.25) is 0 Å². The van der Waals surface area contributed by atoms with Crippen LogP contribution in [0.25, 0.3) is 0 Å². The minimum atomic E-state index is -3.70. The number of esters is 1. The highest BCUT2D eigenvalue weighted by Gasteiger charge is 2.19. The summed E-state index contributed by atoms with van der Waals surface area (Å²) < 4.78 is 33.9. The van der Waals surface area contributed by atoms with Crippen LogP contribution in [-0.4, -0.2) is 37.9 Å². The Balaban J connectivity index is 2.10. The van der Waals surface area contributed by atoms with Crippen LogP contribution in [0.1, 0.15) is 45.4 Å². The molecule has 1 heterocycles. The molecule has 1 N–H and O–H groups in total. The van der Waals surface area contributed by atoms with Crippen LogP contribution < -0.4 is 4.72 Å². The molecule has 0 saturated heterocycles. The van der Waals surface area contributed by atoms with Gasteiger partial charge in [-0.3, -0.25) is 4.79 Å². The number of nitrogens with zero attached hydrogens (tertiary/aromatic N) is 1. The maximum Gasteiger partial charge on any atom is 0.338 e. The molecule has 1 aromatic carbocycles. The van der Waals surface area contributed by atoms with Crippen molar-refractivity contribution in [2.45, 2.75) is 38.6 Å². The number of rotatable bonds is 10. The molecule has 0 aliphatic carbocycles. The Bertz CT molecular complexity index is 1020. The van der Waals surface area contributed by atoms with Crippen molar-refractivity contribution < 1.29 is 22.7 Å². The number of Topliss-reactive ketones (excluding diaryl/α,β-unsaturated/α-hetero) is 1. The fourth-order valence-corrected chi connectivity index (χ4v) is 4.07. The minimum absolute atomic E-state index is 0.0281. The fraction of sp³-hybridized carbons (Fsp3) is 0.333. The van der Waals surface area contributed by atoms with E-state index in [1.807, 2.05) is 25.3 Å². The number of ether oxygens (including phenoxy) is 1. The van der Waals surface area contributed by atoms with Crippen molar-refractivity contribution in [2.24, 2.45) is 0 Å². The number of carbonyl (C=O) groups is 2. The summed E-state index contributed by atoms with van der Waals surface area (Å²) in [7, 11) is -3.70. The SMILES string of the molecule is C=CCn1c(C)cc(C(=O)COC(=O)c2cccc(S(=O)(=O)NCCC)c2)c1C. The third-order valence-corrected chi connectivity index (χ3v) is 5.90. The van der Waals surface area contributed by atoms with Gasteiger partial charge in [-0.25, -0.2) is 17.9 Å². The largest absolute Gasteiger partial charge is 0.454 e. The first kappa shape index (κ1) is 22.6. The topological polar surface area (TPSA) is 94.5 Å². The number of aryl methyl sites for hydroxylation is 1. The lowest BCUT2D eigenvalue weighted by Gasteiger charge is -2.08. The molecule has 0 unspecified atom stereocenters. The number of carbonyl (C=O) groups excluding carboxylic acids is 2. The molecule has 0 amide bonds. The number of hydrogen-bond acceptors (Lipinski definition) is 5. The summed E-state index contributed by atoms with van der Waals surface area (Å²) in [5, 5.41) is 0. The van der Waals surface area contributed by atoms with Gasteiger partial charge in [-0.05, 0) is 44.5 Å². The first-order valence-electron chi connectivity index (χ1n) is 9.29. The van der Waals surface area contributed by atoms with Crippen LogP contribution in [-0.2, 0) is 21.3 Å². The summed E-state index contributed by atoms with van der Waals surface area (Å²) in [4.78, 5) is 24.8. The van der Waals surface area contributed by atoms with Crippen LogP contribution in [0.3, 0.4) is 0 Å². The van der Waals surface area contributed by atoms with Gasteiger partial charge < -0.3 is 9.30 Å². The van der Waals surface area contributed by atoms with Crippen molar-refractivity contribution in [2.75, 3.05) is 13.2 Å². The number of allylic oxidation sites excluding steroid dienone is 1. The summed E-state index contributed by atoms with van der Waals surface area (Å²) in [5.74, 6) is -1.08. The first-order chi connectivity index (χ1) is 13.7. The van der Waals surface area contributed by atoms with Crippen molar-refractivity contribution >= 4 is 21.8 Å². The monoisotopic (exact) mass is 418 g/mol. The molecule has 0 spiro atoms. The van der Waals surface area contributed by atoms with Gasteiger partial charge in [0.2, 0.25) is 15.8 Å². The number of hydrogen-bond donors (Lipinski definition) is 1. The predicted octanol–water partition coefficient (Wildman–Crippen LogP) is 3.02.